The zero-order valence-corrected chi connectivity index (χ0v) is 13.4. The number of aromatic nitrogens is 2. The maximum absolute atomic E-state index is 12.7. The molecule has 2 heterocycles. The van der Waals surface area contributed by atoms with E-state index >= 15 is 0 Å². The molecule has 1 saturated heterocycles. The summed E-state index contributed by atoms with van der Waals surface area (Å²) in [5.41, 5.74) is 1.36. The summed E-state index contributed by atoms with van der Waals surface area (Å²) in [5.74, 6) is -0.910. The van der Waals surface area contributed by atoms with Crippen LogP contribution in [0.1, 0.15) is 12.0 Å². The van der Waals surface area contributed by atoms with Crippen LogP contribution in [0.3, 0.4) is 0 Å². The number of carbonyl (C=O) groups is 1. The van der Waals surface area contributed by atoms with Crippen LogP contribution in [0.5, 0.6) is 6.01 Å². The first-order chi connectivity index (χ1) is 11.5. The highest BCUT2D eigenvalue weighted by Crippen LogP contribution is 2.18. The second kappa shape index (κ2) is 6.45. The molecule has 2 atom stereocenters. The maximum atomic E-state index is 12.7. The summed E-state index contributed by atoms with van der Waals surface area (Å²) in [4.78, 5) is 28.2. The van der Waals surface area contributed by atoms with E-state index in [9.17, 15) is 9.59 Å². The number of hydrogen-bond donors (Lipinski definition) is 2. The zero-order valence-electron chi connectivity index (χ0n) is 13.4. The topological polar surface area (TPSA) is 93.4 Å². The Morgan fingerprint density at radius 3 is 3.04 bits per heavy atom. The highest BCUT2D eigenvalue weighted by atomic mass is 16.5. The second-order valence-corrected chi connectivity index (χ2v) is 5.89. The largest absolute Gasteiger partial charge is 0.480 e. The van der Waals surface area contributed by atoms with Gasteiger partial charge in [-0.3, -0.25) is 14.2 Å². The summed E-state index contributed by atoms with van der Waals surface area (Å²) in [5, 5.41) is 12.4. The molecule has 2 N–H and O–H groups in total. The number of nitrogens with one attached hydrogen (secondary N) is 1. The first kappa shape index (κ1) is 16.2. The van der Waals surface area contributed by atoms with Crippen molar-refractivity contribution in [3.8, 4) is 6.01 Å². The van der Waals surface area contributed by atoms with Crippen LogP contribution in [0.4, 0.5) is 0 Å². The molecule has 7 heteroatoms. The van der Waals surface area contributed by atoms with Crippen molar-refractivity contribution in [2.75, 3.05) is 6.54 Å². The number of aryl methyl sites for hydroxylation is 1. The van der Waals surface area contributed by atoms with Crippen LogP contribution < -0.4 is 15.6 Å². The van der Waals surface area contributed by atoms with Gasteiger partial charge in [-0.1, -0.05) is 12.1 Å². The van der Waals surface area contributed by atoms with Crippen molar-refractivity contribution in [2.24, 2.45) is 0 Å². The molecule has 0 saturated carbocycles. The van der Waals surface area contributed by atoms with Crippen molar-refractivity contribution in [1.82, 2.24) is 14.9 Å². The van der Waals surface area contributed by atoms with Crippen LogP contribution >= 0.6 is 0 Å². The molecule has 2 aromatic rings. The lowest BCUT2D eigenvalue weighted by Gasteiger charge is -2.16. The highest BCUT2D eigenvalue weighted by molar-refractivity contribution is 5.78. The number of carboxylic acids is 1. The summed E-state index contributed by atoms with van der Waals surface area (Å²) >= 11 is 0. The van der Waals surface area contributed by atoms with Crippen LogP contribution in [0.15, 0.2) is 35.6 Å². The molecule has 0 aliphatic carbocycles. The van der Waals surface area contributed by atoms with Gasteiger partial charge in [0.25, 0.3) is 11.6 Å². The van der Waals surface area contributed by atoms with Crippen LogP contribution in [-0.2, 0) is 11.3 Å². The van der Waals surface area contributed by atoms with Gasteiger partial charge in [-0.15, -0.1) is 6.58 Å². The third kappa shape index (κ3) is 3.03. The Hall–Kier alpha value is -2.67. The average Bonchev–Trinajstić information content (AvgIpc) is 2.99. The van der Waals surface area contributed by atoms with Crippen LogP contribution in [0.2, 0.25) is 0 Å². The van der Waals surface area contributed by atoms with Gasteiger partial charge in [-0.25, -0.2) is 0 Å². The van der Waals surface area contributed by atoms with Gasteiger partial charge in [-0.2, -0.15) is 4.98 Å². The molecule has 3 rings (SSSR count). The van der Waals surface area contributed by atoms with Crippen molar-refractivity contribution in [1.29, 1.82) is 0 Å². The monoisotopic (exact) mass is 329 g/mol. The molecule has 126 valence electrons. The second-order valence-electron chi connectivity index (χ2n) is 5.89. The Morgan fingerprint density at radius 1 is 1.58 bits per heavy atom. The molecular weight excluding hydrogens is 310 g/mol. The number of benzene rings is 1. The Bertz CT molecular complexity index is 859. The molecule has 0 unspecified atom stereocenters. The number of rotatable bonds is 5. The van der Waals surface area contributed by atoms with E-state index in [0.717, 1.165) is 5.56 Å². The Morgan fingerprint density at radius 2 is 2.38 bits per heavy atom. The summed E-state index contributed by atoms with van der Waals surface area (Å²) in [6.07, 6.45) is 1.57. The number of fused-ring (bicyclic) bond motifs is 1. The number of carboxylic acid groups (broad SMARTS) is 1. The van der Waals surface area contributed by atoms with Crippen LogP contribution in [0, 0.1) is 6.92 Å². The number of aliphatic carboxylic acids is 1. The molecule has 0 radical (unpaired) electrons. The fourth-order valence-corrected chi connectivity index (χ4v) is 2.82. The van der Waals surface area contributed by atoms with E-state index < -0.39 is 12.0 Å². The lowest BCUT2D eigenvalue weighted by Crippen LogP contribution is -2.30. The fraction of sp³-hybridized carbons (Fsp3) is 0.353. The zero-order chi connectivity index (χ0) is 17.3. The minimum Gasteiger partial charge on any atom is -0.480 e. The molecule has 24 heavy (non-hydrogen) atoms. The van der Waals surface area contributed by atoms with Crippen molar-refractivity contribution < 1.29 is 14.6 Å². The molecule has 1 aromatic carbocycles. The quantitative estimate of drug-likeness (QED) is 0.798. The van der Waals surface area contributed by atoms with E-state index in [1.54, 1.807) is 12.1 Å². The van der Waals surface area contributed by atoms with Crippen molar-refractivity contribution in [2.45, 2.75) is 32.0 Å². The Balaban J connectivity index is 1.99. The summed E-state index contributed by atoms with van der Waals surface area (Å²) in [6.45, 7) is 6.26. The number of ether oxygens (including phenoxy) is 1. The van der Waals surface area contributed by atoms with E-state index in [-0.39, 0.29) is 24.2 Å². The minimum atomic E-state index is -0.910. The first-order valence-electron chi connectivity index (χ1n) is 7.74. The molecule has 0 bridgehead atoms. The minimum absolute atomic E-state index is 0.191. The Kier molecular flexibility index (Phi) is 4.35. The normalized spacial score (nSPS) is 20.2. The molecular formula is C17H19N3O4. The van der Waals surface area contributed by atoms with Crippen molar-refractivity contribution in [3.63, 3.8) is 0 Å². The number of allylic oxidation sites excluding steroid dienone is 1. The van der Waals surface area contributed by atoms with Gasteiger partial charge >= 0.3 is 5.97 Å². The molecule has 1 aliphatic rings. The molecule has 0 spiro atoms. The molecule has 1 aliphatic heterocycles. The third-order valence-corrected chi connectivity index (χ3v) is 4.05. The smallest absolute Gasteiger partial charge is 0.320 e. The van der Waals surface area contributed by atoms with E-state index in [4.69, 9.17) is 9.84 Å². The first-order valence-corrected chi connectivity index (χ1v) is 7.74. The maximum Gasteiger partial charge on any atom is 0.320 e. The van der Waals surface area contributed by atoms with Gasteiger partial charge in [0, 0.05) is 19.5 Å². The fourth-order valence-electron chi connectivity index (χ4n) is 2.82. The predicted octanol–water partition coefficient (Wildman–Crippen LogP) is 1.08. The van der Waals surface area contributed by atoms with Crippen molar-refractivity contribution >= 4 is 16.9 Å². The molecule has 1 aromatic heterocycles. The van der Waals surface area contributed by atoms with Gasteiger partial charge < -0.3 is 15.2 Å². The van der Waals surface area contributed by atoms with Gasteiger partial charge in [0.2, 0.25) is 0 Å². The summed E-state index contributed by atoms with van der Waals surface area (Å²) in [6, 6.07) is 4.99. The highest BCUT2D eigenvalue weighted by Gasteiger charge is 2.31. The SMILES string of the molecule is C=CCn1c(O[C@H]2CN[C@H](C(=O)O)C2)nc2cc(C)ccc2c1=O. The third-order valence-electron chi connectivity index (χ3n) is 4.05. The van der Waals surface area contributed by atoms with Crippen LogP contribution in [-0.4, -0.2) is 39.3 Å². The van der Waals surface area contributed by atoms with Gasteiger partial charge in [0.1, 0.15) is 12.1 Å². The van der Waals surface area contributed by atoms with Crippen molar-refractivity contribution in [3.05, 3.63) is 46.8 Å². The van der Waals surface area contributed by atoms with Gasteiger partial charge in [0.15, 0.2) is 0 Å². The number of hydrogen-bond acceptors (Lipinski definition) is 5. The number of nitrogens with zero attached hydrogens (tertiary/aromatic N) is 2. The standard InChI is InChI=1S/C17H19N3O4/c1-3-6-20-15(21)12-5-4-10(2)7-13(12)19-17(20)24-11-8-14(16(22)23)18-9-11/h3-5,7,11,14,18H,1,6,8-9H2,2H3,(H,22,23)/t11-,14+/m1/s1. The summed E-state index contributed by atoms with van der Waals surface area (Å²) in [7, 11) is 0. The van der Waals surface area contributed by atoms with E-state index in [2.05, 4.69) is 16.9 Å². The Labute approximate surface area is 138 Å². The van der Waals surface area contributed by atoms with E-state index in [1.165, 1.54) is 4.57 Å². The predicted molar refractivity (Wildman–Crippen MR) is 89.4 cm³/mol. The lowest BCUT2D eigenvalue weighted by atomic mass is 10.2. The van der Waals surface area contributed by atoms with E-state index in [1.807, 2.05) is 19.1 Å². The molecule has 0 amide bonds. The average molecular weight is 329 g/mol. The van der Waals surface area contributed by atoms with E-state index in [0.29, 0.717) is 23.9 Å². The van der Waals surface area contributed by atoms with Gasteiger partial charge in [0.05, 0.1) is 10.9 Å². The molecule has 1 fully saturated rings. The van der Waals surface area contributed by atoms with Crippen LogP contribution in [0.25, 0.3) is 10.9 Å². The molecule has 7 nitrogen and oxygen atoms in total. The summed E-state index contributed by atoms with van der Waals surface area (Å²) < 4.78 is 7.26. The van der Waals surface area contributed by atoms with Gasteiger partial charge in [-0.05, 0) is 24.6 Å². The lowest BCUT2D eigenvalue weighted by molar-refractivity contribution is -0.139.